The molecule has 1 N–H and O–H groups in total. The molecule has 0 bridgehead atoms. The summed E-state index contributed by atoms with van der Waals surface area (Å²) in [5.41, 5.74) is 2.40. The maximum absolute atomic E-state index is 5.57. The predicted octanol–water partition coefficient (Wildman–Crippen LogP) is 2.74. The molecule has 0 amide bonds. The molecule has 1 saturated heterocycles. The van der Waals surface area contributed by atoms with Crippen molar-refractivity contribution in [1.82, 2.24) is 4.90 Å². The molecule has 0 saturated carbocycles. The fraction of sp³-hybridized carbons (Fsp3) is 0.647. The lowest BCUT2D eigenvalue weighted by Crippen LogP contribution is -2.31. The molecule has 0 radical (unpaired) electrons. The average Bonchev–Trinajstić information content (AvgIpc) is 2.93. The molecule has 118 valence electrons. The second kappa shape index (κ2) is 8.37. The number of anilines is 1. The maximum Gasteiger partial charge on any atom is 0.0718 e. The highest BCUT2D eigenvalue weighted by molar-refractivity contribution is 5.46. The van der Waals surface area contributed by atoms with Gasteiger partial charge < -0.3 is 14.8 Å². The van der Waals surface area contributed by atoms with Crippen LogP contribution in [0.1, 0.15) is 25.8 Å². The van der Waals surface area contributed by atoms with Gasteiger partial charge in [0.2, 0.25) is 0 Å². The van der Waals surface area contributed by atoms with Gasteiger partial charge >= 0.3 is 0 Å². The van der Waals surface area contributed by atoms with Crippen LogP contribution < -0.4 is 5.32 Å². The molecule has 1 aliphatic rings. The number of hydrogen-bond acceptors (Lipinski definition) is 4. The van der Waals surface area contributed by atoms with E-state index in [1.165, 1.54) is 24.2 Å². The molecule has 1 unspecified atom stereocenters. The Morgan fingerprint density at radius 1 is 1.33 bits per heavy atom. The molecule has 1 aromatic rings. The highest BCUT2D eigenvalue weighted by Gasteiger charge is 2.23. The van der Waals surface area contributed by atoms with Gasteiger partial charge in [0, 0.05) is 38.0 Å². The first-order valence-electron chi connectivity index (χ1n) is 7.85. The van der Waals surface area contributed by atoms with Gasteiger partial charge in [0.15, 0.2) is 0 Å². The van der Waals surface area contributed by atoms with Crippen LogP contribution in [0.2, 0.25) is 0 Å². The number of ether oxygens (including phenoxy) is 2. The number of nitrogens with zero attached hydrogens (tertiary/aromatic N) is 1. The number of rotatable bonds is 8. The van der Waals surface area contributed by atoms with Crippen molar-refractivity contribution < 1.29 is 9.47 Å². The second-order valence-electron chi connectivity index (χ2n) is 5.96. The molecule has 0 spiro atoms. The van der Waals surface area contributed by atoms with Crippen molar-refractivity contribution in [1.29, 1.82) is 0 Å². The standard InChI is InChI=1S/C17H28N2O2/c1-14(2)19-8-7-17(12-19)18-16-6-4-5-15(11-16)13-21-10-9-20-3/h4-6,11,14,17-18H,7-10,12-13H2,1-3H3. The molecule has 0 aromatic heterocycles. The van der Waals surface area contributed by atoms with Gasteiger partial charge in [-0.25, -0.2) is 0 Å². The van der Waals surface area contributed by atoms with Crippen LogP contribution in [0, 0.1) is 0 Å². The first kappa shape index (κ1) is 16.3. The van der Waals surface area contributed by atoms with Crippen molar-refractivity contribution in [2.75, 3.05) is 38.7 Å². The topological polar surface area (TPSA) is 33.7 Å². The third kappa shape index (κ3) is 5.30. The Balaban J connectivity index is 1.81. The molecule has 1 heterocycles. The molecule has 1 fully saturated rings. The summed E-state index contributed by atoms with van der Waals surface area (Å²) in [6.45, 7) is 8.77. The van der Waals surface area contributed by atoms with Gasteiger partial charge in [-0.2, -0.15) is 0 Å². The summed E-state index contributed by atoms with van der Waals surface area (Å²) in [4.78, 5) is 2.52. The first-order chi connectivity index (χ1) is 10.2. The van der Waals surface area contributed by atoms with E-state index in [1.54, 1.807) is 7.11 Å². The zero-order chi connectivity index (χ0) is 15.1. The Morgan fingerprint density at radius 3 is 2.90 bits per heavy atom. The molecule has 2 rings (SSSR count). The first-order valence-corrected chi connectivity index (χ1v) is 7.85. The van der Waals surface area contributed by atoms with E-state index in [-0.39, 0.29) is 0 Å². The van der Waals surface area contributed by atoms with Crippen molar-refractivity contribution in [3.8, 4) is 0 Å². The normalized spacial score (nSPS) is 19.3. The average molecular weight is 292 g/mol. The largest absolute Gasteiger partial charge is 0.382 e. The van der Waals surface area contributed by atoms with Crippen LogP contribution in [0.15, 0.2) is 24.3 Å². The molecular formula is C17H28N2O2. The summed E-state index contributed by atoms with van der Waals surface area (Å²) in [7, 11) is 1.69. The van der Waals surface area contributed by atoms with Gasteiger partial charge in [-0.05, 0) is 38.0 Å². The summed E-state index contributed by atoms with van der Waals surface area (Å²) in [5.74, 6) is 0. The Kier molecular flexibility index (Phi) is 6.49. The van der Waals surface area contributed by atoms with Gasteiger partial charge in [0.25, 0.3) is 0 Å². The zero-order valence-corrected chi connectivity index (χ0v) is 13.5. The van der Waals surface area contributed by atoms with Crippen molar-refractivity contribution in [3.05, 3.63) is 29.8 Å². The lowest BCUT2D eigenvalue weighted by molar-refractivity contribution is 0.0617. The van der Waals surface area contributed by atoms with Crippen molar-refractivity contribution in [2.45, 2.75) is 39.0 Å². The summed E-state index contributed by atoms with van der Waals surface area (Å²) < 4.78 is 10.6. The lowest BCUT2D eigenvalue weighted by atomic mass is 10.2. The summed E-state index contributed by atoms with van der Waals surface area (Å²) in [6, 6.07) is 9.70. The van der Waals surface area contributed by atoms with E-state index in [4.69, 9.17) is 9.47 Å². The highest BCUT2D eigenvalue weighted by atomic mass is 16.5. The van der Waals surface area contributed by atoms with E-state index < -0.39 is 0 Å². The molecule has 4 heteroatoms. The van der Waals surface area contributed by atoms with Crippen LogP contribution in [0.25, 0.3) is 0 Å². The molecule has 4 nitrogen and oxygen atoms in total. The molecule has 21 heavy (non-hydrogen) atoms. The van der Waals surface area contributed by atoms with E-state index in [0.717, 1.165) is 6.54 Å². The number of nitrogens with one attached hydrogen (secondary N) is 1. The molecular weight excluding hydrogens is 264 g/mol. The third-order valence-electron chi connectivity index (χ3n) is 3.95. The SMILES string of the molecule is COCCOCc1cccc(NC2CCN(C(C)C)C2)c1. The van der Waals surface area contributed by atoms with Crippen LogP contribution >= 0.6 is 0 Å². The Bertz CT molecular complexity index is 423. The van der Waals surface area contributed by atoms with Crippen molar-refractivity contribution in [2.24, 2.45) is 0 Å². The Morgan fingerprint density at radius 2 is 2.19 bits per heavy atom. The Labute approximate surface area is 128 Å². The van der Waals surface area contributed by atoms with Gasteiger partial charge in [0.1, 0.15) is 0 Å². The summed E-state index contributed by atoms with van der Waals surface area (Å²) in [5, 5.41) is 3.65. The summed E-state index contributed by atoms with van der Waals surface area (Å²) in [6.07, 6.45) is 1.22. The maximum atomic E-state index is 5.57. The van der Waals surface area contributed by atoms with E-state index in [0.29, 0.717) is 31.9 Å². The molecule has 1 aliphatic heterocycles. The van der Waals surface area contributed by atoms with E-state index in [2.05, 4.69) is 48.3 Å². The lowest BCUT2D eigenvalue weighted by Gasteiger charge is -2.21. The number of likely N-dealkylation sites (tertiary alicyclic amines) is 1. The van der Waals surface area contributed by atoms with Crippen LogP contribution in [0.3, 0.4) is 0 Å². The van der Waals surface area contributed by atoms with Crippen LogP contribution in [-0.2, 0) is 16.1 Å². The monoisotopic (exact) mass is 292 g/mol. The van der Waals surface area contributed by atoms with Gasteiger partial charge in [-0.1, -0.05) is 12.1 Å². The number of methoxy groups -OCH3 is 1. The van der Waals surface area contributed by atoms with Crippen LogP contribution in [0.4, 0.5) is 5.69 Å². The minimum Gasteiger partial charge on any atom is -0.382 e. The number of hydrogen-bond donors (Lipinski definition) is 1. The minimum atomic E-state index is 0.553. The fourth-order valence-corrected chi connectivity index (χ4v) is 2.69. The van der Waals surface area contributed by atoms with E-state index >= 15 is 0 Å². The van der Waals surface area contributed by atoms with Crippen LogP contribution in [-0.4, -0.2) is 50.4 Å². The molecule has 1 atom stereocenters. The molecule has 1 aromatic carbocycles. The smallest absolute Gasteiger partial charge is 0.0718 e. The second-order valence-corrected chi connectivity index (χ2v) is 5.96. The summed E-state index contributed by atoms with van der Waals surface area (Å²) >= 11 is 0. The minimum absolute atomic E-state index is 0.553. The van der Waals surface area contributed by atoms with Gasteiger partial charge in [-0.3, -0.25) is 4.90 Å². The quantitative estimate of drug-likeness (QED) is 0.747. The number of benzene rings is 1. The fourth-order valence-electron chi connectivity index (χ4n) is 2.69. The van der Waals surface area contributed by atoms with Gasteiger partial charge in [-0.15, -0.1) is 0 Å². The van der Waals surface area contributed by atoms with Gasteiger partial charge in [0.05, 0.1) is 19.8 Å². The van der Waals surface area contributed by atoms with E-state index in [1.807, 2.05) is 0 Å². The van der Waals surface area contributed by atoms with E-state index in [9.17, 15) is 0 Å². The highest BCUT2D eigenvalue weighted by Crippen LogP contribution is 2.19. The predicted molar refractivity (Wildman–Crippen MR) is 86.7 cm³/mol. The van der Waals surface area contributed by atoms with Crippen LogP contribution in [0.5, 0.6) is 0 Å². The molecule has 0 aliphatic carbocycles. The zero-order valence-electron chi connectivity index (χ0n) is 13.5. The van der Waals surface area contributed by atoms with Crippen molar-refractivity contribution >= 4 is 5.69 Å². The third-order valence-corrected chi connectivity index (χ3v) is 3.95. The Hall–Kier alpha value is -1.10. The van der Waals surface area contributed by atoms with Crippen molar-refractivity contribution in [3.63, 3.8) is 0 Å².